The summed E-state index contributed by atoms with van der Waals surface area (Å²) in [6.07, 6.45) is 1.87. The third-order valence-corrected chi connectivity index (χ3v) is 4.02. The summed E-state index contributed by atoms with van der Waals surface area (Å²) < 4.78 is 11.1. The van der Waals surface area contributed by atoms with E-state index in [9.17, 15) is 0 Å². The molecule has 2 aromatic rings. The number of ether oxygens (including phenoxy) is 1. The molecule has 6 heteroatoms. The summed E-state index contributed by atoms with van der Waals surface area (Å²) in [5.41, 5.74) is 3.30. The second-order valence-corrected chi connectivity index (χ2v) is 6.33. The van der Waals surface area contributed by atoms with Crippen LogP contribution in [0.25, 0.3) is 0 Å². The Morgan fingerprint density at radius 2 is 1.81 bits per heavy atom. The molecule has 0 aliphatic heterocycles. The normalized spacial score (nSPS) is 11.7. The van der Waals surface area contributed by atoms with Crippen molar-refractivity contribution in [3.05, 3.63) is 46.8 Å². The van der Waals surface area contributed by atoms with Crippen LogP contribution in [-0.2, 0) is 25.9 Å². The molecule has 142 valence electrons. The average Bonchev–Trinajstić information content (AvgIpc) is 3.04. The highest BCUT2D eigenvalue weighted by atomic mass is 16.5. The number of nitrogens with one attached hydrogen (secondary N) is 2. The molecule has 2 rings (SSSR count). The van der Waals surface area contributed by atoms with E-state index >= 15 is 0 Å². The van der Waals surface area contributed by atoms with E-state index in [-0.39, 0.29) is 6.10 Å². The van der Waals surface area contributed by atoms with Crippen LogP contribution in [0.3, 0.4) is 0 Å². The van der Waals surface area contributed by atoms with Gasteiger partial charge in [-0.2, -0.15) is 0 Å². The Labute approximate surface area is 156 Å². The molecule has 0 bridgehead atoms. The molecule has 0 spiro atoms. The number of rotatable bonds is 8. The highest BCUT2D eigenvalue weighted by molar-refractivity contribution is 5.79. The largest absolute Gasteiger partial charge is 0.491 e. The maximum Gasteiger partial charge on any atom is 0.191 e. The lowest BCUT2D eigenvalue weighted by Crippen LogP contribution is -2.36. The van der Waals surface area contributed by atoms with Gasteiger partial charge in [0.05, 0.1) is 11.8 Å². The molecule has 0 amide bonds. The van der Waals surface area contributed by atoms with Gasteiger partial charge in [0, 0.05) is 32.1 Å². The van der Waals surface area contributed by atoms with Crippen molar-refractivity contribution < 1.29 is 9.26 Å². The lowest BCUT2D eigenvalue weighted by atomic mass is 10.1. The zero-order valence-electron chi connectivity index (χ0n) is 16.4. The van der Waals surface area contributed by atoms with Gasteiger partial charge >= 0.3 is 0 Å². The van der Waals surface area contributed by atoms with Crippen molar-refractivity contribution >= 4 is 5.96 Å². The second-order valence-electron chi connectivity index (χ2n) is 6.33. The molecule has 0 aliphatic rings. The number of aryl methyl sites for hydroxylation is 2. The Kier molecular flexibility index (Phi) is 7.51. The predicted octanol–water partition coefficient (Wildman–Crippen LogP) is 3.45. The second kappa shape index (κ2) is 9.85. The van der Waals surface area contributed by atoms with Crippen LogP contribution < -0.4 is 15.4 Å². The maximum absolute atomic E-state index is 5.67. The Morgan fingerprint density at radius 1 is 1.12 bits per heavy atom. The van der Waals surface area contributed by atoms with E-state index in [2.05, 4.69) is 46.8 Å². The summed E-state index contributed by atoms with van der Waals surface area (Å²) in [5.74, 6) is 2.57. The third kappa shape index (κ3) is 5.51. The van der Waals surface area contributed by atoms with Crippen LogP contribution in [0, 0.1) is 0 Å². The van der Waals surface area contributed by atoms with Crippen LogP contribution in [0.2, 0.25) is 0 Å². The maximum atomic E-state index is 5.67. The van der Waals surface area contributed by atoms with Crippen molar-refractivity contribution in [1.29, 1.82) is 0 Å². The van der Waals surface area contributed by atoms with Gasteiger partial charge in [0.15, 0.2) is 5.96 Å². The number of nitrogens with zero attached hydrogens (tertiary/aromatic N) is 2. The van der Waals surface area contributed by atoms with Gasteiger partial charge in [-0.1, -0.05) is 31.1 Å². The molecule has 0 saturated heterocycles. The van der Waals surface area contributed by atoms with Gasteiger partial charge in [0.1, 0.15) is 11.5 Å². The average molecular weight is 358 g/mol. The first-order valence-electron chi connectivity index (χ1n) is 9.23. The number of aromatic nitrogens is 1. The first kappa shape index (κ1) is 19.8. The molecule has 0 fully saturated rings. The smallest absolute Gasteiger partial charge is 0.191 e. The number of hydrogen-bond acceptors (Lipinski definition) is 4. The van der Waals surface area contributed by atoms with E-state index in [0.717, 1.165) is 47.1 Å². The van der Waals surface area contributed by atoms with E-state index < -0.39 is 0 Å². The van der Waals surface area contributed by atoms with Crippen molar-refractivity contribution in [2.45, 2.75) is 59.7 Å². The number of benzene rings is 1. The number of hydrogen-bond donors (Lipinski definition) is 2. The monoisotopic (exact) mass is 358 g/mol. The topological polar surface area (TPSA) is 71.7 Å². The Morgan fingerprint density at radius 3 is 2.38 bits per heavy atom. The highest BCUT2D eigenvalue weighted by Crippen LogP contribution is 2.16. The van der Waals surface area contributed by atoms with Gasteiger partial charge < -0.3 is 19.9 Å². The molecule has 1 aromatic carbocycles. The van der Waals surface area contributed by atoms with Crippen LogP contribution in [0.1, 0.15) is 50.3 Å². The Bertz CT molecular complexity index is 684. The minimum Gasteiger partial charge on any atom is -0.491 e. The van der Waals surface area contributed by atoms with Crippen molar-refractivity contribution in [1.82, 2.24) is 15.8 Å². The van der Waals surface area contributed by atoms with Gasteiger partial charge in [-0.3, -0.25) is 4.99 Å². The fourth-order valence-corrected chi connectivity index (χ4v) is 2.67. The molecule has 0 atom stereocenters. The van der Waals surface area contributed by atoms with Gasteiger partial charge in [-0.25, -0.2) is 0 Å². The molecule has 26 heavy (non-hydrogen) atoms. The fraction of sp³-hybridized carbons (Fsp3) is 0.500. The standard InChI is InChI=1S/C20H30N4O2/c1-6-18-17(19(7-2)26-24-18)13-23-20(21-5)22-12-15-8-10-16(11-9-15)25-14(3)4/h8-11,14H,6-7,12-13H2,1-5H3,(H2,21,22,23). The van der Waals surface area contributed by atoms with Crippen molar-refractivity contribution in [2.24, 2.45) is 4.99 Å². The molecule has 1 heterocycles. The molecular formula is C20H30N4O2. The highest BCUT2D eigenvalue weighted by Gasteiger charge is 2.13. The van der Waals surface area contributed by atoms with E-state index in [1.807, 2.05) is 26.0 Å². The van der Waals surface area contributed by atoms with Crippen LogP contribution in [0.15, 0.2) is 33.8 Å². The Balaban J connectivity index is 1.89. The summed E-state index contributed by atoms with van der Waals surface area (Å²) in [4.78, 5) is 4.29. The van der Waals surface area contributed by atoms with E-state index in [1.54, 1.807) is 7.05 Å². The number of aliphatic imine (C=N–C) groups is 1. The van der Waals surface area contributed by atoms with Crippen molar-refractivity contribution in [2.75, 3.05) is 7.05 Å². The van der Waals surface area contributed by atoms with Crippen molar-refractivity contribution in [3.8, 4) is 5.75 Å². The summed E-state index contributed by atoms with van der Waals surface area (Å²) in [6, 6.07) is 8.10. The zero-order valence-corrected chi connectivity index (χ0v) is 16.4. The molecule has 0 saturated carbocycles. The van der Waals surface area contributed by atoms with E-state index in [0.29, 0.717) is 13.1 Å². The van der Waals surface area contributed by atoms with Crippen molar-refractivity contribution in [3.63, 3.8) is 0 Å². The van der Waals surface area contributed by atoms with Crippen LogP contribution in [-0.4, -0.2) is 24.3 Å². The summed E-state index contributed by atoms with van der Waals surface area (Å²) in [7, 11) is 1.77. The molecular weight excluding hydrogens is 328 g/mol. The fourth-order valence-electron chi connectivity index (χ4n) is 2.67. The number of guanidine groups is 1. The summed E-state index contributed by atoms with van der Waals surface area (Å²) in [5, 5.41) is 10.8. The van der Waals surface area contributed by atoms with E-state index in [1.165, 1.54) is 0 Å². The first-order chi connectivity index (χ1) is 12.6. The summed E-state index contributed by atoms with van der Waals surface area (Å²) >= 11 is 0. The SMILES string of the molecule is CCc1noc(CC)c1CNC(=NC)NCc1ccc(OC(C)C)cc1. The minimum absolute atomic E-state index is 0.181. The third-order valence-electron chi connectivity index (χ3n) is 4.02. The van der Waals surface area contributed by atoms with Gasteiger partial charge in [0.25, 0.3) is 0 Å². The minimum atomic E-state index is 0.181. The predicted molar refractivity (Wildman–Crippen MR) is 105 cm³/mol. The van der Waals surface area contributed by atoms with Gasteiger partial charge in [-0.15, -0.1) is 0 Å². The zero-order chi connectivity index (χ0) is 18.9. The molecule has 1 aromatic heterocycles. The lowest BCUT2D eigenvalue weighted by molar-refractivity contribution is 0.242. The van der Waals surface area contributed by atoms with E-state index in [4.69, 9.17) is 9.26 Å². The lowest BCUT2D eigenvalue weighted by Gasteiger charge is -2.13. The van der Waals surface area contributed by atoms with Gasteiger partial charge in [-0.05, 0) is 38.0 Å². The molecule has 0 aliphatic carbocycles. The molecule has 0 unspecified atom stereocenters. The molecule has 2 N–H and O–H groups in total. The summed E-state index contributed by atoms with van der Waals surface area (Å²) in [6.45, 7) is 9.54. The van der Waals surface area contributed by atoms with Crippen LogP contribution in [0.5, 0.6) is 5.75 Å². The molecule has 0 radical (unpaired) electrons. The quantitative estimate of drug-likeness (QED) is 0.559. The Hall–Kier alpha value is -2.50. The van der Waals surface area contributed by atoms with Gasteiger partial charge in [0.2, 0.25) is 0 Å². The molecule has 6 nitrogen and oxygen atoms in total. The van der Waals surface area contributed by atoms with Crippen LogP contribution >= 0.6 is 0 Å². The first-order valence-corrected chi connectivity index (χ1v) is 9.23. The van der Waals surface area contributed by atoms with Crippen LogP contribution in [0.4, 0.5) is 0 Å².